The highest BCUT2D eigenvalue weighted by atomic mass is 127. The third-order valence-corrected chi connectivity index (χ3v) is 9.12. The van der Waals surface area contributed by atoms with Gasteiger partial charge in [-0.2, -0.15) is 0 Å². The first-order valence-corrected chi connectivity index (χ1v) is 16.7. The van der Waals surface area contributed by atoms with Crippen LogP contribution < -0.4 is 16.0 Å². The number of nitrogens with two attached hydrogens (primary N) is 1. The Morgan fingerprint density at radius 3 is 2.48 bits per heavy atom. The van der Waals surface area contributed by atoms with Crippen molar-refractivity contribution in [2.75, 3.05) is 56.9 Å². The SMILES string of the molecule is CCN(C(=O)[C@@H]1CCN(CC(=O)N2CC=C(c3ccc(C(=N)OC(=O)NC)cc3)CC2)C1)c1ccc(N)c(C(=N)c2ccc(I)nc2)n1. The fourth-order valence-corrected chi connectivity index (χ4v) is 6.11. The first-order valence-electron chi connectivity index (χ1n) is 15.6. The van der Waals surface area contributed by atoms with Gasteiger partial charge in [0.05, 0.1) is 23.9 Å². The van der Waals surface area contributed by atoms with E-state index in [4.69, 9.17) is 21.3 Å². The van der Waals surface area contributed by atoms with Gasteiger partial charge in [-0.3, -0.25) is 30.2 Å². The topological polar surface area (TPSA) is 182 Å². The number of nitrogen functional groups attached to an aromatic ring is 1. The normalized spacial score (nSPS) is 16.2. The van der Waals surface area contributed by atoms with Crippen LogP contribution in [0.1, 0.15) is 42.1 Å². The van der Waals surface area contributed by atoms with Gasteiger partial charge in [0.1, 0.15) is 15.2 Å². The van der Waals surface area contributed by atoms with Gasteiger partial charge in [-0.05, 0) is 96.4 Å². The lowest BCUT2D eigenvalue weighted by molar-refractivity contribution is -0.132. The van der Waals surface area contributed by atoms with Crippen LogP contribution in [0.25, 0.3) is 5.57 Å². The lowest BCUT2D eigenvalue weighted by Gasteiger charge is -2.29. The van der Waals surface area contributed by atoms with Crippen molar-refractivity contribution in [3.63, 3.8) is 0 Å². The Morgan fingerprint density at radius 1 is 1.08 bits per heavy atom. The average molecular weight is 764 g/mol. The van der Waals surface area contributed by atoms with E-state index in [1.807, 2.05) is 41.0 Å². The average Bonchev–Trinajstić information content (AvgIpc) is 3.57. The van der Waals surface area contributed by atoms with Crippen LogP contribution in [-0.2, 0) is 14.3 Å². The molecule has 1 aromatic carbocycles. The predicted octanol–water partition coefficient (Wildman–Crippen LogP) is 3.75. The molecule has 1 fully saturated rings. The van der Waals surface area contributed by atoms with Gasteiger partial charge in [-0.25, -0.2) is 14.8 Å². The van der Waals surface area contributed by atoms with Crippen molar-refractivity contribution >= 4 is 69.2 Å². The van der Waals surface area contributed by atoms with E-state index in [0.717, 1.165) is 14.8 Å². The molecule has 0 saturated carbocycles. The number of anilines is 2. The van der Waals surface area contributed by atoms with Gasteiger partial charge in [0.25, 0.3) is 0 Å². The summed E-state index contributed by atoms with van der Waals surface area (Å²) < 4.78 is 5.70. The fraction of sp³-hybridized carbons (Fsp3) is 0.324. The number of carbonyl (C=O) groups is 3. The first-order chi connectivity index (χ1) is 23.1. The largest absolute Gasteiger partial charge is 0.413 e. The maximum atomic E-state index is 13.7. The van der Waals surface area contributed by atoms with Gasteiger partial charge < -0.3 is 20.7 Å². The maximum absolute atomic E-state index is 13.7. The van der Waals surface area contributed by atoms with Crippen molar-refractivity contribution in [2.45, 2.75) is 19.8 Å². The number of pyridine rings is 2. The van der Waals surface area contributed by atoms with Crippen molar-refractivity contribution in [3.8, 4) is 0 Å². The van der Waals surface area contributed by atoms with Crippen LogP contribution in [-0.4, -0.2) is 95.6 Å². The molecule has 2 aliphatic heterocycles. The molecule has 48 heavy (non-hydrogen) atoms. The van der Waals surface area contributed by atoms with E-state index in [1.165, 1.54) is 7.05 Å². The summed E-state index contributed by atoms with van der Waals surface area (Å²) in [6, 6.07) is 14.2. The molecule has 3 amide bonds. The van der Waals surface area contributed by atoms with Gasteiger partial charge >= 0.3 is 6.09 Å². The van der Waals surface area contributed by atoms with Gasteiger partial charge in [0.2, 0.25) is 17.7 Å². The van der Waals surface area contributed by atoms with Crippen molar-refractivity contribution in [1.82, 2.24) is 25.1 Å². The van der Waals surface area contributed by atoms with Crippen LogP contribution in [0, 0.1) is 20.4 Å². The second-order valence-corrected chi connectivity index (χ2v) is 12.6. The molecule has 4 heterocycles. The molecule has 0 unspecified atom stereocenters. The summed E-state index contributed by atoms with van der Waals surface area (Å²) in [7, 11) is 1.43. The summed E-state index contributed by atoms with van der Waals surface area (Å²) in [5, 5.41) is 18.9. The highest BCUT2D eigenvalue weighted by Gasteiger charge is 2.34. The molecule has 14 heteroatoms. The third kappa shape index (κ3) is 8.05. The molecular weight excluding hydrogens is 725 g/mol. The molecule has 0 bridgehead atoms. The molecule has 2 aromatic heterocycles. The summed E-state index contributed by atoms with van der Waals surface area (Å²) in [6.07, 6.45) is 4.29. The number of carbonyl (C=O) groups excluding carboxylic acids is 3. The maximum Gasteiger partial charge on any atom is 0.413 e. The second-order valence-electron chi connectivity index (χ2n) is 11.5. The van der Waals surface area contributed by atoms with Crippen LogP contribution >= 0.6 is 22.6 Å². The Bertz CT molecular complexity index is 1740. The molecule has 1 atom stereocenters. The van der Waals surface area contributed by atoms with E-state index in [-0.39, 0.29) is 35.9 Å². The number of aromatic nitrogens is 2. The summed E-state index contributed by atoms with van der Waals surface area (Å²) in [4.78, 5) is 52.7. The van der Waals surface area contributed by atoms with E-state index in [1.54, 1.807) is 41.4 Å². The van der Waals surface area contributed by atoms with Gasteiger partial charge in [-0.1, -0.05) is 18.2 Å². The second kappa shape index (κ2) is 15.5. The molecule has 250 valence electrons. The molecule has 0 aliphatic carbocycles. The Balaban J connectivity index is 1.15. The lowest BCUT2D eigenvalue weighted by atomic mass is 9.98. The van der Waals surface area contributed by atoms with Crippen LogP contribution in [0.3, 0.4) is 0 Å². The van der Waals surface area contributed by atoms with Crippen LogP contribution in [0.2, 0.25) is 0 Å². The standard InChI is InChI=1S/C34H38IN9O4/c1-3-44(28-11-9-26(36)31(41-28)30(37)24-8-10-27(35)40-18-24)33(46)25-12-15-42(19-25)20-29(45)43-16-13-22(14-17-43)21-4-6-23(7-5-21)32(38)48-34(47)39-2/h4-11,13,18,25,37-38H,3,12,14-17,19-20,36H2,1-2H3,(H,39,47)/t25-/m1/s1. The monoisotopic (exact) mass is 763 g/mol. The number of hydrogen-bond donors (Lipinski definition) is 4. The molecule has 0 radical (unpaired) electrons. The zero-order valence-electron chi connectivity index (χ0n) is 26.8. The van der Waals surface area contributed by atoms with E-state index >= 15 is 0 Å². The minimum Gasteiger partial charge on any atom is -0.397 e. The number of likely N-dealkylation sites (tertiary alicyclic amines) is 1. The summed E-state index contributed by atoms with van der Waals surface area (Å²) in [5.74, 6) is -0.114. The van der Waals surface area contributed by atoms with Crippen LogP contribution in [0.15, 0.2) is 60.8 Å². The number of ether oxygens (including phenoxy) is 1. The predicted molar refractivity (Wildman–Crippen MR) is 192 cm³/mol. The number of rotatable bonds is 9. The van der Waals surface area contributed by atoms with Crippen LogP contribution in [0.5, 0.6) is 0 Å². The van der Waals surface area contributed by atoms with Crippen molar-refractivity contribution in [1.29, 1.82) is 10.8 Å². The van der Waals surface area contributed by atoms with Gasteiger partial charge in [-0.15, -0.1) is 0 Å². The molecular formula is C34H38IN9O4. The van der Waals surface area contributed by atoms with Gasteiger partial charge in [0, 0.05) is 50.6 Å². The molecule has 3 aromatic rings. The molecule has 0 spiro atoms. The van der Waals surface area contributed by atoms with Crippen molar-refractivity contribution in [3.05, 3.63) is 86.9 Å². The quantitative estimate of drug-likeness (QED) is 0.110. The third-order valence-electron chi connectivity index (χ3n) is 8.48. The summed E-state index contributed by atoms with van der Waals surface area (Å²) in [5.41, 5.74) is 10.2. The minimum absolute atomic E-state index is 0.0225. The smallest absolute Gasteiger partial charge is 0.397 e. The number of halogens is 1. The zero-order valence-corrected chi connectivity index (χ0v) is 29.0. The number of hydrogen-bond acceptors (Lipinski definition) is 10. The van der Waals surface area contributed by atoms with E-state index in [2.05, 4.69) is 37.9 Å². The van der Waals surface area contributed by atoms with E-state index in [0.29, 0.717) is 73.9 Å². The molecule has 2 aliphatic rings. The van der Waals surface area contributed by atoms with Crippen molar-refractivity contribution < 1.29 is 19.1 Å². The highest BCUT2D eigenvalue weighted by molar-refractivity contribution is 14.1. The van der Waals surface area contributed by atoms with Crippen LogP contribution in [0.4, 0.5) is 16.3 Å². The van der Waals surface area contributed by atoms with E-state index < -0.39 is 6.09 Å². The molecule has 13 nitrogen and oxygen atoms in total. The number of nitrogens with zero attached hydrogens (tertiary/aromatic N) is 5. The number of nitrogens with one attached hydrogen (secondary N) is 3. The minimum atomic E-state index is -0.692. The highest BCUT2D eigenvalue weighted by Crippen LogP contribution is 2.26. The first kappa shape index (κ1) is 34.6. The molecule has 1 saturated heterocycles. The van der Waals surface area contributed by atoms with Gasteiger partial charge in [0.15, 0.2) is 0 Å². The Kier molecular flexibility index (Phi) is 11.2. The summed E-state index contributed by atoms with van der Waals surface area (Å²) in [6.45, 7) is 4.73. The molecule has 5 rings (SSSR count). The Labute approximate surface area is 292 Å². The molecule has 5 N–H and O–H groups in total. The summed E-state index contributed by atoms with van der Waals surface area (Å²) >= 11 is 2.10. The lowest BCUT2D eigenvalue weighted by Crippen LogP contribution is -2.42. The Hall–Kier alpha value is -4.70. The fourth-order valence-electron chi connectivity index (χ4n) is 5.79. The van der Waals surface area contributed by atoms with E-state index in [9.17, 15) is 14.4 Å². The number of alkyl carbamates (subject to hydrolysis) is 1. The number of amides is 3. The zero-order chi connectivity index (χ0) is 34.4. The number of benzene rings is 1. The Morgan fingerprint density at radius 2 is 1.83 bits per heavy atom. The van der Waals surface area contributed by atoms with Crippen molar-refractivity contribution in [2.24, 2.45) is 5.92 Å².